The molecule has 1 aromatic heterocycles. The first kappa shape index (κ1) is 11.6. The van der Waals surface area contributed by atoms with Crippen LogP contribution in [0.5, 0.6) is 0 Å². The number of hydrogen-bond acceptors (Lipinski definition) is 2. The molecular weight excluding hydrogens is 208 g/mol. The quantitative estimate of drug-likeness (QED) is 0.846. The summed E-state index contributed by atoms with van der Waals surface area (Å²) in [6, 6.07) is 12.6. The summed E-state index contributed by atoms with van der Waals surface area (Å²) >= 11 is 0. The first-order chi connectivity index (χ1) is 8.40. The van der Waals surface area contributed by atoms with Gasteiger partial charge in [0.05, 0.1) is 0 Å². The van der Waals surface area contributed by atoms with Crippen LogP contribution in [0.1, 0.15) is 18.1 Å². The first-order valence-corrected chi connectivity index (χ1v) is 6.11. The van der Waals surface area contributed by atoms with Crippen molar-refractivity contribution in [2.45, 2.75) is 19.8 Å². The van der Waals surface area contributed by atoms with Gasteiger partial charge in [0.25, 0.3) is 0 Å². The molecule has 1 heterocycles. The summed E-state index contributed by atoms with van der Waals surface area (Å²) in [5.74, 6) is 0. The van der Waals surface area contributed by atoms with Crippen molar-refractivity contribution in [1.82, 2.24) is 4.98 Å². The highest BCUT2D eigenvalue weighted by atomic mass is 14.9. The number of para-hydroxylation sites is 1. The number of nitrogens with zero attached hydrogens (tertiary/aromatic N) is 1. The Labute approximate surface area is 103 Å². The number of anilines is 1. The molecule has 0 spiro atoms. The van der Waals surface area contributed by atoms with E-state index in [1.807, 2.05) is 18.5 Å². The van der Waals surface area contributed by atoms with Crippen molar-refractivity contribution < 1.29 is 0 Å². The smallest absolute Gasteiger partial charge is 0.0372 e. The van der Waals surface area contributed by atoms with Crippen LogP contribution in [0.3, 0.4) is 0 Å². The Morgan fingerprint density at radius 2 is 2.00 bits per heavy atom. The molecule has 0 aliphatic heterocycles. The summed E-state index contributed by atoms with van der Waals surface area (Å²) in [6.45, 7) is 3.13. The predicted molar refractivity (Wildman–Crippen MR) is 72.3 cm³/mol. The maximum absolute atomic E-state index is 4.12. The molecule has 0 bridgehead atoms. The van der Waals surface area contributed by atoms with Crippen LogP contribution in [0.15, 0.2) is 48.8 Å². The molecule has 0 unspecified atom stereocenters. The van der Waals surface area contributed by atoms with E-state index in [1.165, 1.54) is 16.8 Å². The van der Waals surface area contributed by atoms with Gasteiger partial charge in [-0.3, -0.25) is 4.98 Å². The summed E-state index contributed by atoms with van der Waals surface area (Å²) in [5.41, 5.74) is 3.89. The van der Waals surface area contributed by atoms with E-state index < -0.39 is 0 Å². The molecule has 88 valence electrons. The second-order valence-electron chi connectivity index (χ2n) is 4.05. The fraction of sp³-hybridized carbons (Fsp3) is 0.267. The van der Waals surface area contributed by atoms with E-state index >= 15 is 0 Å². The lowest BCUT2D eigenvalue weighted by atomic mass is 10.1. The van der Waals surface area contributed by atoms with Crippen molar-refractivity contribution in [2.75, 3.05) is 11.9 Å². The first-order valence-electron chi connectivity index (χ1n) is 6.11. The van der Waals surface area contributed by atoms with Crippen molar-refractivity contribution in [2.24, 2.45) is 0 Å². The lowest BCUT2D eigenvalue weighted by Gasteiger charge is -2.10. The van der Waals surface area contributed by atoms with E-state index in [1.54, 1.807) is 0 Å². The van der Waals surface area contributed by atoms with Gasteiger partial charge in [-0.15, -0.1) is 0 Å². The summed E-state index contributed by atoms with van der Waals surface area (Å²) in [4.78, 5) is 4.12. The van der Waals surface area contributed by atoms with Gasteiger partial charge in [-0.05, 0) is 36.1 Å². The second-order valence-corrected chi connectivity index (χ2v) is 4.05. The van der Waals surface area contributed by atoms with E-state index in [2.05, 4.69) is 47.6 Å². The fourth-order valence-electron chi connectivity index (χ4n) is 1.89. The third kappa shape index (κ3) is 3.31. The standard InChI is InChI=1S/C15H18N2/c1-2-14-7-3-4-8-15(14)17-11-9-13-6-5-10-16-12-13/h3-8,10,12,17H,2,9,11H2,1H3. The van der Waals surface area contributed by atoms with Gasteiger partial charge in [-0.1, -0.05) is 31.2 Å². The largest absolute Gasteiger partial charge is 0.384 e. The lowest BCUT2D eigenvalue weighted by Crippen LogP contribution is -2.06. The monoisotopic (exact) mass is 226 g/mol. The third-order valence-corrected chi connectivity index (χ3v) is 2.85. The molecule has 0 atom stereocenters. The molecule has 0 fully saturated rings. The number of aromatic nitrogens is 1. The Bertz CT molecular complexity index is 451. The summed E-state index contributed by atoms with van der Waals surface area (Å²) < 4.78 is 0. The van der Waals surface area contributed by atoms with E-state index in [0.29, 0.717) is 0 Å². The lowest BCUT2D eigenvalue weighted by molar-refractivity contribution is 0.996. The van der Waals surface area contributed by atoms with Crippen molar-refractivity contribution in [3.63, 3.8) is 0 Å². The van der Waals surface area contributed by atoms with Gasteiger partial charge in [-0.25, -0.2) is 0 Å². The molecule has 0 amide bonds. The number of nitrogens with one attached hydrogen (secondary N) is 1. The minimum atomic E-state index is 0.947. The number of benzene rings is 1. The molecule has 1 N–H and O–H groups in total. The molecule has 2 nitrogen and oxygen atoms in total. The Hall–Kier alpha value is -1.83. The molecular formula is C15H18N2. The SMILES string of the molecule is CCc1ccccc1NCCc1cccnc1. The molecule has 2 aromatic rings. The van der Waals surface area contributed by atoms with Crippen molar-refractivity contribution in [3.8, 4) is 0 Å². The van der Waals surface area contributed by atoms with Gasteiger partial charge >= 0.3 is 0 Å². The van der Waals surface area contributed by atoms with Gasteiger partial charge < -0.3 is 5.32 Å². The summed E-state index contributed by atoms with van der Waals surface area (Å²) in [6.07, 6.45) is 5.80. The van der Waals surface area contributed by atoms with Crippen LogP contribution in [0.2, 0.25) is 0 Å². The Morgan fingerprint density at radius 3 is 2.76 bits per heavy atom. The van der Waals surface area contributed by atoms with Crippen LogP contribution < -0.4 is 5.32 Å². The number of pyridine rings is 1. The predicted octanol–water partition coefficient (Wildman–Crippen LogP) is 3.30. The highest BCUT2D eigenvalue weighted by Crippen LogP contribution is 2.15. The highest BCUT2D eigenvalue weighted by molar-refractivity contribution is 5.51. The van der Waals surface area contributed by atoms with Crippen molar-refractivity contribution in [1.29, 1.82) is 0 Å². The second kappa shape index (κ2) is 6.04. The Kier molecular flexibility index (Phi) is 4.14. The molecule has 1 aromatic carbocycles. The molecule has 17 heavy (non-hydrogen) atoms. The van der Waals surface area contributed by atoms with Crippen LogP contribution in [-0.2, 0) is 12.8 Å². The van der Waals surface area contributed by atoms with E-state index in [-0.39, 0.29) is 0 Å². The maximum Gasteiger partial charge on any atom is 0.0372 e. The van der Waals surface area contributed by atoms with E-state index in [0.717, 1.165) is 19.4 Å². The summed E-state index contributed by atoms with van der Waals surface area (Å²) in [5, 5.41) is 3.48. The minimum Gasteiger partial charge on any atom is -0.384 e. The summed E-state index contributed by atoms with van der Waals surface area (Å²) in [7, 11) is 0. The maximum atomic E-state index is 4.12. The molecule has 2 rings (SSSR count). The molecule has 0 aliphatic carbocycles. The van der Waals surface area contributed by atoms with Gasteiger partial charge in [0, 0.05) is 24.6 Å². The zero-order chi connectivity index (χ0) is 11.9. The van der Waals surface area contributed by atoms with Crippen LogP contribution in [-0.4, -0.2) is 11.5 Å². The zero-order valence-electron chi connectivity index (χ0n) is 10.2. The topological polar surface area (TPSA) is 24.9 Å². The van der Waals surface area contributed by atoms with Crippen molar-refractivity contribution in [3.05, 3.63) is 59.9 Å². The molecule has 2 heteroatoms. The van der Waals surface area contributed by atoms with Crippen LogP contribution in [0.4, 0.5) is 5.69 Å². The van der Waals surface area contributed by atoms with Crippen molar-refractivity contribution >= 4 is 5.69 Å². The highest BCUT2D eigenvalue weighted by Gasteiger charge is 1.98. The third-order valence-electron chi connectivity index (χ3n) is 2.85. The van der Waals surface area contributed by atoms with Crippen LogP contribution in [0.25, 0.3) is 0 Å². The average molecular weight is 226 g/mol. The minimum absolute atomic E-state index is 0.947. The van der Waals surface area contributed by atoms with Gasteiger partial charge in [0.15, 0.2) is 0 Å². The molecule has 0 radical (unpaired) electrons. The molecule has 0 saturated carbocycles. The normalized spacial score (nSPS) is 10.2. The van der Waals surface area contributed by atoms with Gasteiger partial charge in [0.2, 0.25) is 0 Å². The van der Waals surface area contributed by atoms with Crippen LogP contribution in [0, 0.1) is 0 Å². The number of aryl methyl sites for hydroxylation is 1. The van der Waals surface area contributed by atoms with Gasteiger partial charge in [-0.2, -0.15) is 0 Å². The average Bonchev–Trinajstić information content (AvgIpc) is 2.40. The number of rotatable bonds is 5. The van der Waals surface area contributed by atoms with Gasteiger partial charge in [0.1, 0.15) is 0 Å². The van der Waals surface area contributed by atoms with E-state index in [4.69, 9.17) is 0 Å². The van der Waals surface area contributed by atoms with Crippen LogP contribution >= 0.6 is 0 Å². The molecule has 0 aliphatic rings. The Morgan fingerprint density at radius 1 is 1.12 bits per heavy atom. The number of hydrogen-bond donors (Lipinski definition) is 1. The molecule has 0 saturated heterocycles. The van der Waals surface area contributed by atoms with E-state index in [9.17, 15) is 0 Å². The fourth-order valence-corrected chi connectivity index (χ4v) is 1.89. The zero-order valence-corrected chi connectivity index (χ0v) is 10.2. The Balaban J connectivity index is 1.90.